The molecule has 2 aromatic rings. The van der Waals surface area contributed by atoms with Crippen LogP contribution in [-0.4, -0.2) is 50.9 Å². The molecule has 3 rings (SSSR count). The van der Waals surface area contributed by atoms with Crippen molar-refractivity contribution in [2.75, 3.05) is 44.4 Å². The van der Waals surface area contributed by atoms with E-state index in [0.717, 1.165) is 30.5 Å². The molecule has 7 heteroatoms. The molecule has 6 nitrogen and oxygen atoms in total. The molecule has 1 heterocycles. The maximum atomic E-state index is 12.4. The Hall–Kier alpha value is -2.57. The van der Waals surface area contributed by atoms with E-state index in [1.807, 2.05) is 19.0 Å². The first kappa shape index (κ1) is 22.1. The lowest BCUT2D eigenvalue weighted by atomic mass is 9.96. The second kappa shape index (κ2) is 9.49. The van der Waals surface area contributed by atoms with Gasteiger partial charge in [0.15, 0.2) is 0 Å². The number of halogens is 1. The molecule has 1 aliphatic heterocycles. The fourth-order valence-electron chi connectivity index (χ4n) is 3.80. The Kier molecular flexibility index (Phi) is 7.00. The average Bonchev–Trinajstić information content (AvgIpc) is 2.71. The Bertz CT molecular complexity index is 945. The van der Waals surface area contributed by atoms with Gasteiger partial charge < -0.3 is 20.4 Å². The van der Waals surface area contributed by atoms with Gasteiger partial charge in [0, 0.05) is 36.5 Å². The summed E-state index contributed by atoms with van der Waals surface area (Å²) < 4.78 is 0. The maximum absolute atomic E-state index is 12.4. The van der Waals surface area contributed by atoms with Gasteiger partial charge in [0.2, 0.25) is 0 Å². The standard InChI is InChI=1S/C23H29ClN4O2/c1-15-18(24)8-5-9-19(15)26-23(30)22(29)25-14-21(27(2)3)17-10-11-20-16(13-17)7-6-12-28(20)4/h5,8-11,13,21H,6-7,12,14H2,1-4H3,(H,25,29)(H,26,30)/t21-/m1/s1. The summed E-state index contributed by atoms with van der Waals surface area (Å²) in [6, 6.07) is 11.6. The van der Waals surface area contributed by atoms with Crippen LogP contribution in [0, 0.1) is 6.92 Å². The zero-order valence-corrected chi connectivity index (χ0v) is 18.7. The van der Waals surface area contributed by atoms with Crippen molar-refractivity contribution in [2.45, 2.75) is 25.8 Å². The highest BCUT2D eigenvalue weighted by molar-refractivity contribution is 6.40. The maximum Gasteiger partial charge on any atom is 0.313 e. The molecule has 0 saturated carbocycles. The monoisotopic (exact) mass is 428 g/mol. The number of nitrogens with zero attached hydrogens (tertiary/aromatic N) is 2. The molecular formula is C23H29ClN4O2. The Morgan fingerprint density at radius 3 is 2.70 bits per heavy atom. The first-order valence-corrected chi connectivity index (χ1v) is 10.5. The van der Waals surface area contributed by atoms with E-state index >= 15 is 0 Å². The van der Waals surface area contributed by atoms with Crippen LogP contribution in [0.2, 0.25) is 5.02 Å². The number of aryl methyl sites for hydroxylation is 1. The molecule has 0 fully saturated rings. The van der Waals surface area contributed by atoms with Crippen LogP contribution in [0.4, 0.5) is 11.4 Å². The molecule has 0 aliphatic carbocycles. The number of anilines is 2. The van der Waals surface area contributed by atoms with Crippen molar-refractivity contribution in [3.63, 3.8) is 0 Å². The minimum absolute atomic E-state index is 0.0350. The molecule has 2 aromatic carbocycles. The van der Waals surface area contributed by atoms with Crippen molar-refractivity contribution in [3.8, 4) is 0 Å². The normalized spacial score (nSPS) is 14.3. The van der Waals surface area contributed by atoms with Crippen LogP contribution in [-0.2, 0) is 16.0 Å². The van der Waals surface area contributed by atoms with Crippen LogP contribution in [0.3, 0.4) is 0 Å². The van der Waals surface area contributed by atoms with Gasteiger partial charge in [-0.25, -0.2) is 0 Å². The van der Waals surface area contributed by atoms with E-state index in [1.54, 1.807) is 25.1 Å². The molecule has 0 bridgehead atoms. The first-order valence-electron chi connectivity index (χ1n) is 10.1. The molecule has 1 aliphatic rings. The van der Waals surface area contributed by atoms with E-state index < -0.39 is 11.8 Å². The number of likely N-dealkylation sites (N-methyl/N-ethyl adjacent to an activating group) is 1. The van der Waals surface area contributed by atoms with Gasteiger partial charge >= 0.3 is 11.8 Å². The molecule has 0 aromatic heterocycles. The Labute approximate surface area is 183 Å². The fraction of sp³-hybridized carbons (Fsp3) is 0.391. The van der Waals surface area contributed by atoms with Gasteiger partial charge in [0.05, 0.1) is 6.04 Å². The van der Waals surface area contributed by atoms with Gasteiger partial charge in [0.25, 0.3) is 0 Å². The number of hydrogen-bond acceptors (Lipinski definition) is 4. The molecule has 0 saturated heterocycles. The average molecular weight is 429 g/mol. The van der Waals surface area contributed by atoms with Crippen molar-refractivity contribution < 1.29 is 9.59 Å². The lowest BCUT2D eigenvalue weighted by molar-refractivity contribution is -0.136. The molecule has 0 radical (unpaired) electrons. The highest BCUT2D eigenvalue weighted by Crippen LogP contribution is 2.30. The van der Waals surface area contributed by atoms with Crippen molar-refractivity contribution in [2.24, 2.45) is 0 Å². The van der Waals surface area contributed by atoms with E-state index in [-0.39, 0.29) is 6.04 Å². The Balaban J connectivity index is 1.66. The number of carbonyl (C=O) groups is 2. The number of hydrogen-bond donors (Lipinski definition) is 2. The van der Waals surface area contributed by atoms with Gasteiger partial charge in [-0.05, 0) is 68.8 Å². The van der Waals surface area contributed by atoms with Gasteiger partial charge in [-0.2, -0.15) is 0 Å². The van der Waals surface area contributed by atoms with E-state index in [9.17, 15) is 9.59 Å². The van der Waals surface area contributed by atoms with Crippen molar-refractivity contribution >= 4 is 34.8 Å². The van der Waals surface area contributed by atoms with Crippen LogP contribution in [0.1, 0.15) is 29.2 Å². The predicted molar refractivity (Wildman–Crippen MR) is 122 cm³/mol. The zero-order chi connectivity index (χ0) is 21.8. The number of carbonyl (C=O) groups excluding carboxylic acids is 2. The van der Waals surface area contributed by atoms with Gasteiger partial charge in [0.1, 0.15) is 0 Å². The third-order valence-corrected chi connectivity index (χ3v) is 6.05. The van der Waals surface area contributed by atoms with Crippen molar-refractivity contribution in [1.82, 2.24) is 10.2 Å². The third-order valence-electron chi connectivity index (χ3n) is 5.64. The Morgan fingerprint density at radius 1 is 1.20 bits per heavy atom. The van der Waals surface area contributed by atoms with E-state index in [1.165, 1.54) is 11.3 Å². The molecule has 0 spiro atoms. The number of rotatable bonds is 5. The quantitative estimate of drug-likeness (QED) is 0.716. The molecule has 1 atom stereocenters. The lowest BCUT2D eigenvalue weighted by Crippen LogP contribution is -2.40. The highest BCUT2D eigenvalue weighted by Gasteiger charge is 2.21. The molecule has 30 heavy (non-hydrogen) atoms. The van der Waals surface area contributed by atoms with Crippen LogP contribution in [0.15, 0.2) is 36.4 Å². The van der Waals surface area contributed by atoms with Crippen molar-refractivity contribution in [3.05, 3.63) is 58.1 Å². The number of fused-ring (bicyclic) bond motifs is 1. The molecule has 2 amide bonds. The molecular weight excluding hydrogens is 400 g/mol. The smallest absolute Gasteiger partial charge is 0.313 e. The minimum atomic E-state index is -0.704. The second-order valence-electron chi connectivity index (χ2n) is 7.97. The van der Waals surface area contributed by atoms with Crippen molar-refractivity contribution in [1.29, 1.82) is 0 Å². The summed E-state index contributed by atoms with van der Waals surface area (Å²) in [5, 5.41) is 5.94. The number of benzene rings is 2. The van der Waals surface area contributed by atoms with Gasteiger partial charge in [-0.1, -0.05) is 29.8 Å². The third kappa shape index (κ3) is 4.94. The summed E-state index contributed by atoms with van der Waals surface area (Å²) in [4.78, 5) is 29.1. The number of nitrogens with one attached hydrogen (secondary N) is 2. The summed E-state index contributed by atoms with van der Waals surface area (Å²) in [6.07, 6.45) is 2.20. The Morgan fingerprint density at radius 2 is 1.97 bits per heavy atom. The summed E-state index contributed by atoms with van der Waals surface area (Å²) in [6.45, 7) is 3.20. The minimum Gasteiger partial charge on any atom is -0.374 e. The van der Waals surface area contributed by atoms with E-state index in [4.69, 9.17) is 11.6 Å². The number of amides is 2. The van der Waals surface area contributed by atoms with E-state index in [0.29, 0.717) is 17.3 Å². The molecule has 0 unspecified atom stereocenters. The second-order valence-corrected chi connectivity index (χ2v) is 8.38. The van der Waals surface area contributed by atoms with Crippen LogP contribution in [0.25, 0.3) is 0 Å². The summed E-state index contributed by atoms with van der Waals surface area (Å²) in [5.74, 6) is -1.37. The van der Waals surface area contributed by atoms with E-state index in [2.05, 4.69) is 40.8 Å². The highest BCUT2D eigenvalue weighted by atomic mass is 35.5. The fourth-order valence-corrected chi connectivity index (χ4v) is 3.98. The largest absolute Gasteiger partial charge is 0.374 e. The van der Waals surface area contributed by atoms with Gasteiger partial charge in [-0.3, -0.25) is 9.59 Å². The van der Waals surface area contributed by atoms with Crippen LogP contribution >= 0.6 is 11.6 Å². The first-order chi connectivity index (χ1) is 14.3. The topological polar surface area (TPSA) is 64.7 Å². The molecule has 160 valence electrons. The van der Waals surface area contributed by atoms with Crippen LogP contribution in [0.5, 0.6) is 0 Å². The predicted octanol–water partition coefficient (Wildman–Crippen LogP) is 3.39. The van der Waals surface area contributed by atoms with Gasteiger partial charge in [-0.15, -0.1) is 0 Å². The summed E-state index contributed by atoms with van der Waals surface area (Å²) in [7, 11) is 6.05. The molecule has 2 N–H and O–H groups in total. The SMILES string of the molecule is Cc1c(Cl)cccc1NC(=O)C(=O)NC[C@H](c1ccc2c(c1)CCCN2C)N(C)C. The summed E-state index contributed by atoms with van der Waals surface area (Å²) >= 11 is 6.08. The summed E-state index contributed by atoms with van der Waals surface area (Å²) in [5.41, 5.74) is 4.98. The zero-order valence-electron chi connectivity index (χ0n) is 18.0. The van der Waals surface area contributed by atoms with Crippen LogP contribution < -0.4 is 15.5 Å². The lowest BCUT2D eigenvalue weighted by Gasteiger charge is -2.30.